The first-order valence-corrected chi connectivity index (χ1v) is 4.92. The molecule has 1 aromatic heterocycles. The third-order valence-electron chi connectivity index (χ3n) is 1.65. The van der Waals surface area contributed by atoms with Gasteiger partial charge in [0.05, 0.1) is 6.33 Å². The average Bonchev–Trinajstić information content (AvgIpc) is 2.70. The van der Waals surface area contributed by atoms with Gasteiger partial charge in [0.2, 0.25) is 0 Å². The summed E-state index contributed by atoms with van der Waals surface area (Å²) in [4.78, 5) is 16.4. The van der Waals surface area contributed by atoms with E-state index in [1.54, 1.807) is 18.7 Å². The summed E-state index contributed by atoms with van der Waals surface area (Å²) in [5.41, 5.74) is 0. The van der Waals surface area contributed by atoms with Gasteiger partial charge in [-0.2, -0.15) is 0 Å². The Kier molecular flexibility index (Phi) is 8.84. The maximum Gasteiger partial charge on any atom is 0.303 e. The number of carbonyl (C=O) groups is 1. The second-order valence-electron chi connectivity index (χ2n) is 2.96. The van der Waals surface area contributed by atoms with Crippen LogP contribution in [0.2, 0.25) is 0 Å². The van der Waals surface area contributed by atoms with Crippen LogP contribution in [-0.4, -0.2) is 21.0 Å². The molecule has 0 aliphatic rings. The topological polar surface area (TPSA) is 66.0 Å². The van der Waals surface area contributed by atoms with Crippen molar-refractivity contribution >= 4 is 5.97 Å². The molecule has 14 heavy (non-hydrogen) atoms. The van der Waals surface area contributed by atoms with E-state index in [9.17, 15) is 4.79 Å². The molecule has 80 valence electrons. The van der Waals surface area contributed by atoms with Crippen molar-refractivity contribution in [2.75, 3.05) is 0 Å². The highest BCUT2D eigenvalue weighted by Gasteiger charge is 1.93. The van der Waals surface area contributed by atoms with Gasteiger partial charge in [0.15, 0.2) is 0 Å². The summed E-state index contributed by atoms with van der Waals surface area (Å²) in [6, 6.07) is 0. The van der Waals surface area contributed by atoms with Gasteiger partial charge in [-0.3, -0.25) is 4.79 Å². The molecule has 1 heterocycles. The van der Waals surface area contributed by atoms with E-state index in [2.05, 4.69) is 16.9 Å². The van der Waals surface area contributed by atoms with Crippen LogP contribution in [0.5, 0.6) is 0 Å². The van der Waals surface area contributed by atoms with Crippen molar-refractivity contribution < 1.29 is 9.90 Å². The fourth-order valence-electron chi connectivity index (χ4n) is 0.918. The third kappa shape index (κ3) is 10.7. The molecule has 0 atom stereocenters. The minimum Gasteiger partial charge on any atom is -0.481 e. The molecule has 0 amide bonds. The molecule has 0 saturated heterocycles. The van der Waals surface area contributed by atoms with Crippen molar-refractivity contribution in [1.29, 1.82) is 0 Å². The number of aromatic nitrogens is 2. The van der Waals surface area contributed by atoms with E-state index < -0.39 is 5.97 Å². The lowest BCUT2D eigenvalue weighted by molar-refractivity contribution is -0.137. The SMILES string of the molecule is CCCCCCC(=O)O.c1c[nH]cn1. The van der Waals surface area contributed by atoms with Crippen molar-refractivity contribution in [2.45, 2.75) is 39.0 Å². The number of aromatic amines is 1. The van der Waals surface area contributed by atoms with E-state index >= 15 is 0 Å². The summed E-state index contributed by atoms with van der Waals surface area (Å²) < 4.78 is 0. The van der Waals surface area contributed by atoms with E-state index in [1.165, 1.54) is 6.42 Å². The number of aliphatic carboxylic acids is 1. The monoisotopic (exact) mass is 198 g/mol. The average molecular weight is 198 g/mol. The number of unbranched alkanes of at least 4 members (excludes halogenated alkanes) is 3. The standard InChI is InChI=1S/C7H14O2.C3H4N2/c1-2-3-4-5-6-7(8)9;1-2-5-3-4-1/h2-6H2,1H3,(H,8,9);1-3H,(H,4,5). The van der Waals surface area contributed by atoms with Gasteiger partial charge < -0.3 is 10.1 Å². The highest BCUT2D eigenvalue weighted by Crippen LogP contribution is 2.01. The summed E-state index contributed by atoms with van der Waals surface area (Å²) in [6.45, 7) is 2.11. The van der Waals surface area contributed by atoms with Crippen LogP contribution in [0.25, 0.3) is 0 Å². The predicted octanol–water partition coefficient (Wildman–Crippen LogP) is 2.45. The quantitative estimate of drug-likeness (QED) is 0.714. The molecule has 0 aromatic carbocycles. The third-order valence-corrected chi connectivity index (χ3v) is 1.65. The smallest absolute Gasteiger partial charge is 0.303 e. The summed E-state index contributed by atoms with van der Waals surface area (Å²) in [7, 11) is 0. The molecule has 0 aliphatic carbocycles. The lowest BCUT2D eigenvalue weighted by atomic mass is 10.2. The van der Waals surface area contributed by atoms with Gasteiger partial charge in [0.25, 0.3) is 0 Å². The molecule has 0 saturated carbocycles. The lowest BCUT2D eigenvalue weighted by Crippen LogP contribution is -1.92. The molecule has 0 bridgehead atoms. The summed E-state index contributed by atoms with van der Waals surface area (Å²) in [5, 5.41) is 8.21. The molecule has 2 N–H and O–H groups in total. The van der Waals surface area contributed by atoms with Gasteiger partial charge in [-0.1, -0.05) is 26.2 Å². The highest BCUT2D eigenvalue weighted by atomic mass is 16.4. The minimum atomic E-state index is -0.675. The Hall–Kier alpha value is -1.32. The fraction of sp³-hybridized carbons (Fsp3) is 0.600. The molecule has 0 aliphatic heterocycles. The van der Waals surface area contributed by atoms with Crippen LogP contribution < -0.4 is 0 Å². The first kappa shape index (κ1) is 12.7. The number of imidazole rings is 1. The zero-order valence-electron chi connectivity index (χ0n) is 8.57. The molecule has 0 unspecified atom stereocenters. The Labute approximate surface area is 84.4 Å². The lowest BCUT2D eigenvalue weighted by Gasteiger charge is -1.92. The normalized spacial score (nSPS) is 8.93. The zero-order chi connectivity index (χ0) is 10.6. The number of nitrogens with zero attached hydrogens (tertiary/aromatic N) is 1. The van der Waals surface area contributed by atoms with Gasteiger partial charge in [-0.25, -0.2) is 4.98 Å². The maximum atomic E-state index is 9.96. The van der Waals surface area contributed by atoms with E-state index in [1.807, 2.05) is 0 Å². The van der Waals surface area contributed by atoms with Crippen molar-refractivity contribution in [2.24, 2.45) is 0 Å². The number of carboxylic acid groups (broad SMARTS) is 1. The molecule has 1 rings (SSSR count). The van der Waals surface area contributed by atoms with Crippen LogP contribution in [-0.2, 0) is 4.79 Å². The number of nitrogens with one attached hydrogen (secondary N) is 1. The molecule has 1 aromatic rings. The number of H-pyrrole nitrogens is 1. The molecule has 4 nitrogen and oxygen atoms in total. The van der Waals surface area contributed by atoms with E-state index in [0.29, 0.717) is 6.42 Å². The first-order chi connectivity index (χ1) is 6.77. The molecule has 4 heteroatoms. The maximum absolute atomic E-state index is 9.96. The van der Waals surface area contributed by atoms with Crippen molar-refractivity contribution in [3.63, 3.8) is 0 Å². The van der Waals surface area contributed by atoms with Crippen molar-refractivity contribution in [3.05, 3.63) is 18.7 Å². The van der Waals surface area contributed by atoms with E-state index in [-0.39, 0.29) is 0 Å². The van der Waals surface area contributed by atoms with Gasteiger partial charge in [-0.05, 0) is 6.42 Å². The summed E-state index contributed by atoms with van der Waals surface area (Å²) in [5.74, 6) is -0.675. The van der Waals surface area contributed by atoms with Gasteiger partial charge >= 0.3 is 5.97 Å². The van der Waals surface area contributed by atoms with Crippen LogP contribution in [0.4, 0.5) is 0 Å². The van der Waals surface area contributed by atoms with Gasteiger partial charge in [-0.15, -0.1) is 0 Å². The number of carboxylic acids is 1. The molecule has 0 radical (unpaired) electrons. The Morgan fingerprint density at radius 2 is 2.21 bits per heavy atom. The van der Waals surface area contributed by atoms with E-state index in [4.69, 9.17) is 5.11 Å². The van der Waals surface area contributed by atoms with Crippen LogP contribution in [0.3, 0.4) is 0 Å². The Morgan fingerprint density at radius 1 is 1.43 bits per heavy atom. The Bertz CT molecular complexity index is 193. The number of hydrogen-bond acceptors (Lipinski definition) is 2. The Morgan fingerprint density at radius 3 is 2.57 bits per heavy atom. The Balaban J connectivity index is 0.000000280. The van der Waals surface area contributed by atoms with Crippen LogP contribution in [0.15, 0.2) is 18.7 Å². The van der Waals surface area contributed by atoms with Crippen molar-refractivity contribution in [3.8, 4) is 0 Å². The fourth-order valence-corrected chi connectivity index (χ4v) is 0.918. The van der Waals surface area contributed by atoms with Crippen LogP contribution in [0.1, 0.15) is 39.0 Å². The predicted molar refractivity (Wildman–Crippen MR) is 55.0 cm³/mol. The number of hydrogen-bond donors (Lipinski definition) is 2. The summed E-state index contributed by atoms with van der Waals surface area (Å²) in [6.07, 6.45) is 9.64. The van der Waals surface area contributed by atoms with Crippen LogP contribution in [0, 0.1) is 0 Å². The molecular formula is C10H18N2O2. The van der Waals surface area contributed by atoms with Gasteiger partial charge in [0, 0.05) is 18.8 Å². The highest BCUT2D eigenvalue weighted by molar-refractivity contribution is 5.66. The second-order valence-corrected chi connectivity index (χ2v) is 2.96. The largest absolute Gasteiger partial charge is 0.481 e. The first-order valence-electron chi connectivity index (χ1n) is 4.92. The van der Waals surface area contributed by atoms with Crippen LogP contribution >= 0.6 is 0 Å². The molecule has 0 fully saturated rings. The second kappa shape index (κ2) is 9.77. The van der Waals surface area contributed by atoms with E-state index in [0.717, 1.165) is 19.3 Å². The van der Waals surface area contributed by atoms with Crippen molar-refractivity contribution in [1.82, 2.24) is 9.97 Å². The minimum absolute atomic E-state index is 0.333. The number of rotatable bonds is 5. The zero-order valence-corrected chi connectivity index (χ0v) is 8.57. The molecular weight excluding hydrogens is 180 g/mol. The molecule has 0 spiro atoms. The van der Waals surface area contributed by atoms with Gasteiger partial charge in [0.1, 0.15) is 0 Å². The summed E-state index contributed by atoms with van der Waals surface area (Å²) >= 11 is 0.